The molecule has 0 N–H and O–H groups in total. The van der Waals surface area contributed by atoms with E-state index >= 15 is 0 Å². The fourth-order valence-corrected chi connectivity index (χ4v) is 2.50. The van der Waals surface area contributed by atoms with Crippen LogP contribution in [0.3, 0.4) is 0 Å². The molecule has 0 bridgehead atoms. The Bertz CT molecular complexity index is 206. The van der Waals surface area contributed by atoms with E-state index in [1.54, 1.807) is 0 Å². The van der Waals surface area contributed by atoms with Gasteiger partial charge in [0.2, 0.25) is 0 Å². The highest BCUT2D eigenvalue weighted by Gasteiger charge is 2.26. The quantitative estimate of drug-likeness (QED) is 0.254. The maximum Gasteiger partial charge on any atom is 0.192 e. The lowest BCUT2D eigenvalue weighted by molar-refractivity contribution is 0.00174. The van der Waals surface area contributed by atoms with Gasteiger partial charge in [0.05, 0.1) is 26.4 Å². The SMILES string of the molecule is C[Si](C)(CCOCC1CO1)OCOCC1CO1. The average Bonchev–Trinajstić information content (AvgIpc) is 3.13. The molecular formula is C11H22O5Si. The lowest BCUT2D eigenvalue weighted by atomic mass is 10.5. The topological polar surface area (TPSA) is 52.8 Å². The summed E-state index contributed by atoms with van der Waals surface area (Å²) in [6.45, 7) is 8.56. The summed E-state index contributed by atoms with van der Waals surface area (Å²) < 4.78 is 26.8. The maximum absolute atomic E-state index is 5.78. The highest BCUT2D eigenvalue weighted by Crippen LogP contribution is 2.14. The molecule has 0 aliphatic carbocycles. The Morgan fingerprint density at radius 3 is 2.24 bits per heavy atom. The molecule has 2 heterocycles. The zero-order chi connectivity index (χ0) is 12.1. The third-order valence-electron chi connectivity index (χ3n) is 2.79. The molecule has 2 atom stereocenters. The fraction of sp³-hybridized carbons (Fsp3) is 1.00. The van der Waals surface area contributed by atoms with Crippen molar-refractivity contribution in [1.82, 2.24) is 0 Å². The first kappa shape index (κ1) is 13.4. The predicted octanol–water partition coefficient (Wildman–Crippen LogP) is 0.996. The molecule has 6 heteroatoms. The number of hydrogen-bond acceptors (Lipinski definition) is 5. The van der Waals surface area contributed by atoms with Crippen LogP contribution in [-0.4, -0.2) is 60.4 Å². The van der Waals surface area contributed by atoms with E-state index < -0.39 is 8.32 Å². The summed E-state index contributed by atoms with van der Waals surface area (Å²) in [6, 6.07) is 0.989. The Hall–Kier alpha value is 0.0169. The first-order chi connectivity index (χ1) is 8.16. The van der Waals surface area contributed by atoms with E-state index in [0.29, 0.717) is 25.6 Å². The lowest BCUT2D eigenvalue weighted by Crippen LogP contribution is -2.33. The average molecular weight is 262 g/mol. The molecule has 2 rings (SSSR count). The van der Waals surface area contributed by atoms with Crippen molar-refractivity contribution in [3.63, 3.8) is 0 Å². The van der Waals surface area contributed by atoms with E-state index in [1.807, 2.05) is 0 Å². The van der Waals surface area contributed by atoms with Crippen molar-refractivity contribution in [3.8, 4) is 0 Å². The Balaban J connectivity index is 1.43. The van der Waals surface area contributed by atoms with Crippen LogP contribution in [0.2, 0.25) is 19.1 Å². The van der Waals surface area contributed by atoms with Crippen molar-refractivity contribution in [3.05, 3.63) is 0 Å². The molecule has 2 unspecified atom stereocenters. The molecule has 2 aliphatic rings. The third kappa shape index (κ3) is 6.49. The molecule has 0 radical (unpaired) electrons. The third-order valence-corrected chi connectivity index (χ3v) is 5.10. The lowest BCUT2D eigenvalue weighted by Gasteiger charge is -2.22. The minimum Gasteiger partial charge on any atom is -0.395 e. The van der Waals surface area contributed by atoms with E-state index in [2.05, 4.69) is 13.1 Å². The zero-order valence-electron chi connectivity index (χ0n) is 10.6. The predicted molar refractivity (Wildman–Crippen MR) is 64.5 cm³/mol. The van der Waals surface area contributed by atoms with Crippen LogP contribution in [0.15, 0.2) is 0 Å². The minimum absolute atomic E-state index is 0.310. The Morgan fingerprint density at radius 1 is 1.06 bits per heavy atom. The standard InChI is InChI=1S/C11H22O5Si/c1-17(2,4-3-12-5-10-7-14-10)16-9-13-6-11-8-15-11/h10-11H,3-9H2,1-2H3. The van der Waals surface area contributed by atoms with Crippen LogP contribution < -0.4 is 0 Å². The zero-order valence-corrected chi connectivity index (χ0v) is 11.6. The molecule has 0 saturated carbocycles. The highest BCUT2D eigenvalue weighted by atomic mass is 28.4. The van der Waals surface area contributed by atoms with Crippen LogP contribution in [0, 0.1) is 0 Å². The van der Waals surface area contributed by atoms with Gasteiger partial charge in [-0.05, 0) is 19.1 Å². The normalized spacial score (nSPS) is 27.2. The molecule has 17 heavy (non-hydrogen) atoms. The van der Waals surface area contributed by atoms with E-state index in [4.69, 9.17) is 23.4 Å². The monoisotopic (exact) mass is 262 g/mol. The first-order valence-corrected chi connectivity index (χ1v) is 9.30. The highest BCUT2D eigenvalue weighted by molar-refractivity contribution is 6.71. The summed E-state index contributed by atoms with van der Waals surface area (Å²) in [7, 11) is -1.64. The molecule has 0 aromatic heterocycles. The first-order valence-electron chi connectivity index (χ1n) is 6.18. The van der Waals surface area contributed by atoms with Gasteiger partial charge in [-0.1, -0.05) is 0 Å². The van der Waals surface area contributed by atoms with Crippen molar-refractivity contribution in [1.29, 1.82) is 0 Å². The second-order valence-corrected chi connectivity index (χ2v) is 9.44. The van der Waals surface area contributed by atoms with Gasteiger partial charge in [-0.15, -0.1) is 0 Å². The van der Waals surface area contributed by atoms with Crippen molar-refractivity contribution in [2.45, 2.75) is 31.3 Å². The Labute approximate surface area is 103 Å². The number of ether oxygens (including phenoxy) is 4. The van der Waals surface area contributed by atoms with Crippen LogP contribution in [0.1, 0.15) is 0 Å². The molecule has 2 fully saturated rings. The summed E-state index contributed by atoms with van der Waals surface area (Å²) in [5.41, 5.74) is 0. The second kappa shape index (κ2) is 6.26. The van der Waals surface area contributed by atoms with Gasteiger partial charge in [0.1, 0.15) is 19.0 Å². The molecule has 0 aromatic rings. The van der Waals surface area contributed by atoms with E-state index in [0.717, 1.165) is 32.5 Å². The molecular weight excluding hydrogens is 240 g/mol. The van der Waals surface area contributed by atoms with E-state index in [-0.39, 0.29) is 0 Å². The number of hydrogen-bond donors (Lipinski definition) is 0. The van der Waals surface area contributed by atoms with Gasteiger partial charge in [-0.3, -0.25) is 0 Å². The summed E-state index contributed by atoms with van der Waals surface area (Å²) in [6.07, 6.45) is 0.660. The van der Waals surface area contributed by atoms with Gasteiger partial charge >= 0.3 is 0 Å². The maximum atomic E-state index is 5.78. The molecule has 5 nitrogen and oxygen atoms in total. The van der Waals surface area contributed by atoms with Gasteiger partial charge < -0.3 is 23.4 Å². The van der Waals surface area contributed by atoms with Gasteiger partial charge in [0.15, 0.2) is 8.32 Å². The van der Waals surface area contributed by atoms with Gasteiger partial charge in [0, 0.05) is 6.61 Å². The van der Waals surface area contributed by atoms with Crippen LogP contribution in [-0.2, 0) is 23.4 Å². The van der Waals surface area contributed by atoms with Crippen molar-refractivity contribution < 1.29 is 23.4 Å². The summed E-state index contributed by atoms with van der Waals surface area (Å²) in [5.74, 6) is 0. The Kier molecular flexibility index (Phi) is 4.95. The summed E-state index contributed by atoms with van der Waals surface area (Å²) in [5, 5.41) is 0. The molecule has 2 saturated heterocycles. The number of epoxide rings is 2. The molecule has 0 spiro atoms. The van der Waals surface area contributed by atoms with Gasteiger partial charge in [-0.25, -0.2) is 0 Å². The van der Waals surface area contributed by atoms with Crippen molar-refractivity contribution in [2.75, 3.05) is 39.8 Å². The van der Waals surface area contributed by atoms with Crippen molar-refractivity contribution in [2.24, 2.45) is 0 Å². The van der Waals surface area contributed by atoms with Gasteiger partial charge in [0.25, 0.3) is 0 Å². The molecule has 2 aliphatic heterocycles. The van der Waals surface area contributed by atoms with Crippen LogP contribution in [0.25, 0.3) is 0 Å². The van der Waals surface area contributed by atoms with Crippen LogP contribution in [0.5, 0.6) is 0 Å². The van der Waals surface area contributed by atoms with Crippen molar-refractivity contribution >= 4 is 8.32 Å². The van der Waals surface area contributed by atoms with Gasteiger partial charge in [-0.2, -0.15) is 0 Å². The fourth-order valence-electron chi connectivity index (χ4n) is 1.31. The summed E-state index contributed by atoms with van der Waals surface area (Å²) >= 11 is 0. The smallest absolute Gasteiger partial charge is 0.192 e. The molecule has 0 aromatic carbocycles. The van der Waals surface area contributed by atoms with Crippen LogP contribution in [0.4, 0.5) is 0 Å². The minimum atomic E-state index is -1.64. The number of rotatable bonds is 10. The molecule has 0 amide bonds. The second-order valence-electron chi connectivity index (χ2n) is 5.13. The van der Waals surface area contributed by atoms with E-state index in [1.165, 1.54) is 0 Å². The molecule has 100 valence electrons. The van der Waals surface area contributed by atoms with Crippen LogP contribution >= 0.6 is 0 Å². The largest absolute Gasteiger partial charge is 0.395 e. The summed E-state index contributed by atoms with van der Waals surface area (Å²) in [4.78, 5) is 0. The Morgan fingerprint density at radius 2 is 1.65 bits per heavy atom. The van der Waals surface area contributed by atoms with E-state index in [9.17, 15) is 0 Å².